The summed E-state index contributed by atoms with van der Waals surface area (Å²) in [7, 11) is 0. The van der Waals surface area contributed by atoms with E-state index in [4.69, 9.17) is 17.0 Å². The fourth-order valence-corrected chi connectivity index (χ4v) is 3.74. The van der Waals surface area contributed by atoms with Gasteiger partial charge >= 0.3 is 0 Å². The smallest absolute Gasteiger partial charge is 0.169 e. The molecule has 1 heterocycles. The van der Waals surface area contributed by atoms with Crippen molar-refractivity contribution in [3.63, 3.8) is 0 Å². The van der Waals surface area contributed by atoms with Crippen LogP contribution in [0.3, 0.4) is 0 Å². The third-order valence-corrected chi connectivity index (χ3v) is 4.29. The van der Waals surface area contributed by atoms with Gasteiger partial charge in [-0.2, -0.15) is 0 Å². The van der Waals surface area contributed by atoms with Crippen molar-refractivity contribution in [2.45, 2.75) is 77.0 Å². The molecule has 0 spiro atoms. The maximum absolute atomic E-state index is 6.10. The zero-order valence-corrected chi connectivity index (χ0v) is 13.6. The maximum Gasteiger partial charge on any atom is 0.169 e. The van der Waals surface area contributed by atoms with Crippen LogP contribution in [0.15, 0.2) is 0 Å². The number of morpholine rings is 1. The van der Waals surface area contributed by atoms with Crippen LogP contribution >= 0.6 is 12.2 Å². The molecule has 0 aromatic heterocycles. The summed E-state index contributed by atoms with van der Waals surface area (Å²) in [6.45, 7) is 10.3. The van der Waals surface area contributed by atoms with E-state index >= 15 is 0 Å². The molecule has 110 valence electrons. The van der Waals surface area contributed by atoms with E-state index in [1.165, 1.54) is 32.1 Å². The van der Waals surface area contributed by atoms with E-state index in [0.29, 0.717) is 6.04 Å². The van der Waals surface area contributed by atoms with Crippen molar-refractivity contribution in [3.8, 4) is 0 Å². The normalized spacial score (nSPS) is 27.1. The highest BCUT2D eigenvalue weighted by molar-refractivity contribution is 7.80. The number of hydrogen-bond acceptors (Lipinski definition) is 2. The van der Waals surface area contributed by atoms with Crippen LogP contribution in [0.25, 0.3) is 0 Å². The first-order chi connectivity index (χ1) is 8.77. The van der Waals surface area contributed by atoms with E-state index in [1.54, 1.807) is 0 Å². The molecule has 0 aromatic rings. The van der Waals surface area contributed by atoms with Gasteiger partial charge in [0.15, 0.2) is 5.11 Å². The summed E-state index contributed by atoms with van der Waals surface area (Å²) in [6, 6.07) is 0.579. The topological polar surface area (TPSA) is 24.5 Å². The van der Waals surface area contributed by atoms with E-state index in [0.717, 1.165) is 18.2 Å². The van der Waals surface area contributed by atoms with Crippen molar-refractivity contribution in [2.24, 2.45) is 0 Å². The summed E-state index contributed by atoms with van der Waals surface area (Å²) < 4.78 is 6.10. The van der Waals surface area contributed by atoms with Crippen molar-refractivity contribution in [2.75, 3.05) is 13.1 Å². The average Bonchev–Trinajstić information content (AvgIpc) is 2.26. The third-order valence-electron chi connectivity index (χ3n) is 3.92. The molecule has 0 bridgehead atoms. The van der Waals surface area contributed by atoms with Gasteiger partial charge in [-0.05, 0) is 52.8 Å². The zero-order valence-electron chi connectivity index (χ0n) is 12.8. The minimum atomic E-state index is -0.139. The fourth-order valence-electron chi connectivity index (χ4n) is 3.44. The number of rotatable bonds is 1. The first-order valence-corrected chi connectivity index (χ1v) is 7.94. The van der Waals surface area contributed by atoms with E-state index < -0.39 is 0 Å². The van der Waals surface area contributed by atoms with Gasteiger partial charge < -0.3 is 15.0 Å². The van der Waals surface area contributed by atoms with Crippen LogP contribution in [-0.4, -0.2) is 40.3 Å². The van der Waals surface area contributed by atoms with Gasteiger partial charge in [0.05, 0.1) is 11.2 Å². The monoisotopic (exact) mass is 284 g/mol. The molecule has 0 amide bonds. The number of ether oxygens (including phenoxy) is 1. The third kappa shape index (κ3) is 4.32. The van der Waals surface area contributed by atoms with Crippen LogP contribution in [-0.2, 0) is 4.74 Å². The molecule has 1 aliphatic carbocycles. The Bertz CT molecular complexity index is 319. The van der Waals surface area contributed by atoms with Crippen molar-refractivity contribution in [3.05, 3.63) is 0 Å². The SMILES string of the molecule is CC1(C)CN(C(=S)NC2CCCCC2)CC(C)(C)O1. The summed E-state index contributed by atoms with van der Waals surface area (Å²) in [4.78, 5) is 2.29. The number of nitrogens with zero attached hydrogens (tertiary/aromatic N) is 1. The largest absolute Gasteiger partial charge is 0.366 e. The first kappa shape index (κ1) is 15.0. The van der Waals surface area contributed by atoms with Gasteiger partial charge in [0.1, 0.15) is 0 Å². The highest BCUT2D eigenvalue weighted by Crippen LogP contribution is 2.28. The van der Waals surface area contributed by atoms with E-state index in [9.17, 15) is 0 Å². The molecule has 1 saturated heterocycles. The van der Waals surface area contributed by atoms with Crippen molar-refractivity contribution in [1.29, 1.82) is 0 Å². The van der Waals surface area contributed by atoms with Crippen LogP contribution in [0.4, 0.5) is 0 Å². The summed E-state index contributed by atoms with van der Waals surface area (Å²) >= 11 is 5.62. The lowest BCUT2D eigenvalue weighted by atomic mass is 9.95. The Labute approximate surface area is 123 Å². The van der Waals surface area contributed by atoms with E-state index in [1.807, 2.05) is 0 Å². The first-order valence-electron chi connectivity index (χ1n) is 7.53. The number of hydrogen-bond donors (Lipinski definition) is 1. The van der Waals surface area contributed by atoms with Crippen molar-refractivity contribution in [1.82, 2.24) is 10.2 Å². The molecule has 1 aliphatic heterocycles. The molecule has 2 aliphatic rings. The lowest BCUT2D eigenvalue weighted by Gasteiger charge is -2.48. The van der Waals surface area contributed by atoms with Gasteiger partial charge in [-0.25, -0.2) is 0 Å². The van der Waals surface area contributed by atoms with Gasteiger partial charge in [-0.3, -0.25) is 0 Å². The molecule has 4 heteroatoms. The molecule has 2 fully saturated rings. The second-order valence-corrected chi connectivity index (χ2v) is 7.65. The Balaban J connectivity index is 1.94. The van der Waals surface area contributed by atoms with Gasteiger partial charge in [0.25, 0.3) is 0 Å². The molecule has 0 atom stereocenters. The van der Waals surface area contributed by atoms with Gasteiger partial charge in [-0.1, -0.05) is 19.3 Å². The Morgan fingerprint density at radius 2 is 1.58 bits per heavy atom. The highest BCUT2D eigenvalue weighted by Gasteiger charge is 2.39. The summed E-state index contributed by atoms with van der Waals surface area (Å²) in [5.41, 5.74) is -0.278. The minimum absolute atomic E-state index is 0.139. The summed E-state index contributed by atoms with van der Waals surface area (Å²) in [6.07, 6.45) is 6.57. The van der Waals surface area contributed by atoms with E-state index in [2.05, 4.69) is 37.9 Å². The van der Waals surface area contributed by atoms with Crippen LogP contribution in [0.1, 0.15) is 59.8 Å². The predicted molar refractivity (Wildman–Crippen MR) is 83.4 cm³/mol. The summed E-state index contributed by atoms with van der Waals surface area (Å²) in [5, 5.41) is 4.48. The summed E-state index contributed by atoms with van der Waals surface area (Å²) in [5.74, 6) is 0. The molecule has 1 saturated carbocycles. The van der Waals surface area contributed by atoms with Gasteiger partial charge in [0.2, 0.25) is 0 Å². The zero-order chi connectivity index (χ0) is 14.1. The Morgan fingerprint density at radius 3 is 2.11 bits per heavy atom. The second-order valence-electron chi connectivity index (χ2n) is 7.26. The highest BCUT2D eigenvalue weighted by atomic mass is 32.1. The molecule has 1 N–H and O–H groups in total. The molecule has 0 aromatic carbocycles. The van der Waals surface area contributed by atoms with Crippen LogP contribution < -0.4 is 5.32 Å². The van der Waals surface area contributed by atoms with Crippen LogP contribution in [0.5, 0.6) is 0 Å². The minimum Gasteiger partial charge on any atom is -0.366 e. The molecule has 19 heavy (non-hydrogen) atoms. The Morgan fingerprint density at radius 1 is 1.05 bits per heavy atom. The van der Waals surface area contributed by atoms with Crippen LogP contribution in [0.2, 0.25) is 0 Å². The fraction of sp³-hybridized carbons (Fsp3) is 0.933. The van der Waals surface area contributed by atoms with E-state index in [-0.39, 0.29) is 11.2 Å². The number of nitrogens with one attached hydrogen (secondary N) is 1. The van der Waals surface area contributed by atoms with Crippen molar-refractivity contribution >= 4 is 17.3 Å². The molecule has 3 nitrogen and oxygen atoms in total. The molecule has 0 radical (unpaired) electrons. The van der Waals surface area contributed by atoms with Crippen LogP contribution in [0, 0.1) is 0 Å². The second kappa shape index (κ2) is 5.57. The lowest BCUT2D eigenvalue weighted by Crippen LogP contribution is -2.61. The standard InChI is InChI=1S/C15H28N2OS/c1-14(2)10-17(11-15(3,4)18-14)13(19)16-12-8-6-5-7-9-12/h12H,5-11H2,1-4H3,(H,16,19). The van der Waals surface area contributed by atoms with Crippen molar-refractivity contribution < 1.29 is 4.74 Å². The Hall–Kier alpha value is -0.350. The molecular weight excluding hydrogens is 256 g/mol. The lowest BCUT2D eigenvalue weighted by molar-refractivity contribution is -0.167. The average molecular weight is 284 g/mol. The Kier molecular flexibility index (Phi) is 4.41. The predicted octanol–water partition coefficient (Wildman–Crippen LogP) is 3.08. The molecule has 2 rings (SSSR count). The molecular formula is C15H28N2OS. The quantitative estimate of drug-likeness (QED) is 0.748. The molecule has 0 unspecified atom stereocenters. The number of thiocarbonyl (C=S) groups is 1. The van der Waals surface area contributed by atoms with Gasteiger partial charge in [0, 0.05) is 19.1 Å². The maximum atomic E-state index is 6.10. The van der Waals surface area contributed by atoms with Gasteiger partial charge in [-0.15, -0.1) is 0 Å².